The Morgan fingerprint density at radius 3 is 2.76 bits per heavy atom. The van der Waals surface area contributed by atoms with Crippen LogP contribution in [0.15, 0.2) is 24.7 Å². The van der Waals surface area contributed by atoms with E-state index in [9.17, 15) is 0 Å². The molecule has 2 aromatic rings. The van der Waals surface area contributed by atoms with E-state index in [4.69, 9.17) is 5.73 Å². The Morgan fingerprint density at radius 1 is 1.12 bits per heavy atom. The Balaban J connectivity index is 2.04. The quantitative estimate of drug-likeness (QED) is 0.793. The molecule has 5 nitrogen and oxygen atoms in total. The van der Waals surface area contributed by atoms with Gasteiger partial charge in [-0.15, -0.1) is 0 Å². The lowest BCUT2D eigenvalue weighted by atomic mass is 9.93. The monoisotopic (exact) mass is 227 g/mol. The summed E-state index contributed by atoms with van der Waals surface area (Å²) in [5, 5.41) is 0. The van der Waals surface area contributed by atoms with E-state index < -0.39 is 0 Å². The summed E-state index contributed by atoms with van der Waals surface area (Å²) in [6, 6.07) is 1.85. The van der Waals surface area contributed by atoms with Gasteiger partial charge in [-0.2, -0.15) is 0 Å². The maximum absolute atomic E-state index is 6.02. The third-order valence-corrected chi connectivity index (χ3v) is 2.99. The summed E-state index contributed by atoms with van der Waals surface area (Å²) in [5.74, 6) is 1.15. The smallest absolute Gasteiger partial charge is 0.197 e. The van der Waals surface area contributed by atoms with Crippen LogP contribution in [0.2, 0.25) is 0 Å². The Kier molecular flexibility index (Phi) is 2.53. The van der Waals surface area contributed by atoms with Crippen molar-refractivity contribution in [3.8, 4) is 11.6 Å². The van der Waals surface area contributed by atoms with E-state index in [0.717, 1.165) is 30.5 Å². The summed E-state index contributed by atoms with van der Waals surface area (Å²) < 4.78 is 0. The van der Waals surface area contributed by atoms with E-state index in [1.165, 1.54) is 0 Å². The van der Waals surface area contributed by atoms with Gasteiger partial charge in [-0.25, -0.2) is 19.9 Å². The van der Waals surface area contributed by atoms with E-state index in [2.05, 4.69) is 19.9 Å². The van der Waals surface area contributed by atoms with Crippen LogP contribution in [-0.4, -0.2) is 19.9 Å². The van der Waals surface area contributed by atoms with E-state index in [1.54, 1.807) is 18.5 Å². The number of hydrogen-bond acceptors (Lipinski definition) is 5. The molecule has 0 amide bonds. The van der Waals surface area contributed by atoms with Gasteiger partial charge in [0, 0.05) is 35.9 Å². The topological polar surface area (TPSA) is 77.6 Å². The van der Waals surface area contributed by atoms with Crippen LogP contribution in [0.3, 0.4) is 0 Å². The van der Waals surface area contributed by atoms with Gasteiger partial charge in [0.1, 0.15) is 0 Å². The molecule has 86 valence electrons. The van der Waals surface area contributed by atoms with Gasteiger partial charge in [0.05, 0.1) is 0 Å². The van der Waals surface area contributed by atoms with E-state index >= 15 is 0 Å². The van der Waals surface area contributed by atoms with Crippen LogP contribution in [0.4, 0.5) is 0 Å². The Hall–Kier alpha value is -1.88. The lowest BCUT2D eigenvalue weighted by molar-refractivity contribution is 0.557. The highest BCUT2D eigenvalue weighted by Crippen LogP contribution is 2.26. The van der Waals surface area contributed by atoms with Gasteiger partial charge >= 0.3 is 0 Å². The molecule has 1 atom stereocenters. The average molecular weight is 227 g/mol. The van der Waals surface area contributed by atoms with Crippen LogP contribution in [0.25, 0.3) is 11.6 Å². The molecule has 2 heterocycles. The van der Waals surface area contributed by atoms with Crippen LogP contribution in [0.5, 0.6) is 0 Å². The third kappa shape index (κ3) is 1.89. The highest BCUT2D eigenvalue weighted by molar-refractivity contribution is 5.43. The molecule has 0 aromatic carbocycles. The molecule has 0 saturated carbocycles. The zero-order valence-corrected chi connectivity index (χ0v) is 9.37. The van der Waals surface area contributed by atoms with Gasteiger partial charge in [-0.1, -0.05) is 0 Å². The number of aryl methyl sites for hydroxylation is 1. The van der Waals surface area contributed by atoms with Crippen LogP contribution < -0.4 is 5.73 Å². The van der Waals surface area contributed by atoms with Crippen LogP contribution in [0.1, 0.15) is 30.1 Å². The minimum Gasteiger partial charge on any atom is -0.324 e. The first-order chi connectivity index (χ1) is 8.34. The van der Waals surface area contributed by atoms with Crippen LogP contribution in [0, 0.1) is 0 Å². The molecule has 1 aliphatic rings. The summed E-state index contributed by atoms with van der Waals surface area (Å²) in [7, 11) is 0. The second-order valence-electron chi connectivity index (χ2n) is 4.17. The minimum atomic E-state index is 0.0736. The molecular formula is C12H13N5. The molecule has 0 bridgehead atoms. The first kappa shape index (κ1) is 10.3. The van der Waals surface area contributed by atoms with Gasteiger partial charge in [-0.3, -0.25) is 0 Å². The highest BCUT2D eigenvalue weighted by Gasteiger charge is 2.19. The minimum absolute atomic E-state index is 0.0736. The van der Waals surface area contributed by atoms with Gasteiger partial charge < -0.3 is 5.73 Å². The SMILES string of the molecule is NC1CCCc2nc(-c3ncccn3)ncc21. The Bertz CT molecular complexity index is 526. The zero-order chi connectivity index (χ0) is 11.7. The molecule has 5 heteroatoms. The lowest BCUT2D eigenvalue weighted by Gasteiger charge is -2.20. The average Bonchev–Trinajstić information content (AvgIpc) is 2.40. The molecule has 2 N–H and O–H groups in total. The van der Waals surface area contributed by atoms with Crippen molar-refractivity contribution in [2.24, 2.45) is 5.73 Å². The van der Waals surface area contributed by atoms with Crippen molar-refractivity contribution in [1.82, 2.24) is 19.9 Å². The zero-order valence-electron chi connectivity index (χ0n) is 9.37. The molecule has 0 saturated heterocycles. The summed E-state index contributed by atoms with van der Waals surface area (Å²) in [4.78, 5) is 17.1. The summed E-state index contributed by atoms with van der Waals surface area (Å²) in [6.45, 7) is 0. The van der Waals surface area contributed by atoms with Crippen molar-refractivity contribution < 1.29 is 0 Å². The molecule has 0 spiro atoms. The van der Waals surface area contributed by atoms with Crippen molar-refractivity contribution in [2.75, 3.05) is 0 Å². The van der Waals surface area contributed by atoms with Gasteiger partial charge in [0.25, 0.3) is 0 Å². The molecular weight excluding hydrogens is 214 g/mol. The van der Waals surface area contributed by atoms with Crippen molar-refractivity contribution in [3.63, 3.8) is 0 Å². The fourth-order valence-corrected chi connectivity index (χ4v) is 2.10. The fourth-order valence-electron chi connectivity index (χ4n) is 2.10. The molecule has 0 aliphatic heterocycles. The predicted molar refractivity (Wildman–Crippen MR) is 62.9 cm³/mol. The normalized spacial score (nSPS) is 18.8. The second kappa shape index (κ2) is 4.18. The maximum atomic E-state index is 6.02. The molecule has 3 rings (SSSR count). The number of hydrogen-bond donors (Lipinski definition) is 1. The number of aromatic nitrogens is 4. The third-order valence-electron chi connectivity index (χ3n) is 2.99. The second-order valence-corrected chi connectivity index (χ2v) is 4.17. The first-order valence-electron chi connectivity index (χ1n) is 5.73. The van der Waals surface area contributed by atoms with E-state index in [1.807, 2.05) is 6.20 Å². The van der Waals surface area contributed by atoms with Crippen molar-refractivity contribution >= 4 is 0 Å². The van der Waals surface area contributed by atoms with Gasteiger partial charge in [0.2, 0.25) is 0 Å². The Labute approximate surface area is 99.2 Å². The van der Waals surface area contributed by atoms with E-state index in [-0.39, 0.29) is 6.04 Å². The molecule has 1 unspecified atom stereocenters. The van der Waals surface area contributed by atoms with Crippen molar-refractivity contribution in [3.05, 3.63) is 35.9 Å². The number of nitrogens with two attached hydrogens (primary N) is 1. The van der Waals surface area contributed by atoms with Crippen molar-refractivity contribution in [1.29, 1.82) is 0 Å². The summed E-state index contributed by atoms with van der Waals surface area (Å²) in [5.41, 5.74) is 8.13. The fraction of sp³-hybridized carbons (Fsp3) is 0.333. The predicted octanol–water partition coefficient (Wildman–Crippen LogP) is 1.27. The number of nitrogens with zero attached hydrogens (tertiary/aromatic N) is 4. The highest BCUT2D eigenvalue weighted by atomic mass is 15.0. The molecule has 17 heavy (non-hydrogen) atoms. The van der Waals surface area contributed by atoms with Crippen LogP contribution >= 0.6 is 0 Å². The lowest BCUT2D eigenvalue weighted by Crippen LogP contribution is -2.19. The standard InChI is InChI=1S/C12H13N5/c13-9-3-1-4-10-8(9)7-16-12(17-10)11-14-5-2-6-15-11/h2,5-7,9H,1,3-4,13H2. The molecule has 1 aliphatic carbocycles. The molecule has 0 fully saturated rings. The summed E-state index contributed by atoms with van der Waals surface area (Å²) >= 11 is 0. The van der Waals surface area contributed by atoms with Crippen molar-refractivity contribution in [2.45, 2.75) is 25.3 Å². The molecule has 2 aromatic heterocycles. The number of rotatable bonds is 1. The van der Waals surface area contributed by atoms with Crippen LogP contribution in [-0.2, 0) is 6.42 Å². The summed E-state index contributed by atoms with van der Waals surface area (Å²) in [6.07, 6.45) is 8.26. The first-order valence-corrected chi connectivity index (χ1v) is 5.73. The number of fused-ring (bicyclic) bond motifs is 1. The van der Waals surface area contributed by atoms with E-state index in [0.29, 0.717) is 11.6 Å². The van der Waals surface area contributed by atoms with Gasteiger partial charge in [-0.05, 0) is 25.3 Å². The largest absolute Gasteiger partial charge is 0.324 e. The van der Waals surface area contributed by atoms with Gasteiger partial charge in [0.15, 0.2) is 11.6 Å². The molecule has 0 radical (unpaired) electrons. The Morgan fingerprint density at radius 2 is 1.94 bits per heavy atom. The maximum Gasteiger partial charge on any atom is 0.197 e.